The van der Waals surface area contributed by atoms with Crippen molar-refractivity contribution < 1.29 is 24.1 Å². The van der Waals surface area contributed by atoms with E-state index in [2.05, 4.69) is 24.9 Å². The molecule has 7 nitrogen and oxygen atoms in total. The van der Waals surface area contributed by atoms with Crippen molar-refractivity contribution in [2.24, 2.45) is 5.92 Å². The van der Waals surface area contributed by atoms with Gasteiger partial charge < -0.3 is 24.4 Å². The molecule has 1 fully saturated rings. The maximum absolute atomic E-state index is 14.2. The number of aliphatic hydroxyl groups excluding tert-OH is 1. The highest BCUT2D eigenvalue weighted by Gasteiger charge is 2.34. The van der Waals surface area contributed by atoms with Crippen LogP contribution in [0.3, 0.4) is 0 Å². The Bertz CT molecular complexity index is 1270. The van der Waals surface area contributed by atoms with E-state index in [-0.39, 0.29) is 6.04 Å². The Morgan fingerprint density at radius 1 is 1.23 bits per heavy atom. The van der Waals surface area contributed by atoms with Crippen LogP contribution in [0.15, 0.2) is 30.3 Å². The maximum Gasteiger partial charge on any atom is 0.306 e. The van der Waals surface area contributed by atoms with Crippen LogP contribution in [0.2, 0.25) is 0 Å². The summed E-state index contributed by atoms with van der Waals surface area (Å²) in [7, 11) is 3.57. The Hall–Kier alpha value is -3.13. The first kappa shape index (κ1) is 23.6. The molecule has 1 aliphatic carbocycles. The number of aliphatic hydroxyl groups is 1. The fourth-order valence-corrected chi connectivity index (χ4v) is 5.84. The second-order valence-corrected chi connectivity index (χ2v) is 9.91. The number of aromatic nitrogens is 2. The first-order valence-electron chi connectivity index (χ1n) is 12.3. The number of carbonyl (C=O) groups is 1. The highest BCUT2D eigenvalue weighted by Crippen LogP contribution is 2.42. The Balaban J connectivity index is 1.71. The molecule has 1 saturated carbocycles. The number of aliphatic carboxylic acids is 1. The smallest absolute Gasteiger partial charge is 0.306 e. The van der Waals surface area contributed by atoms with Crippen LogP contribution in [0, 0.1) is 11.7 Å². The second kappa shape index (κ2) is 9.15. The lowest BCUT2D eigenvalue weighted by molar-refractivity contribution is -0.143. The molecule has 5 rings (SSSR count). The van der Waals surface area contributed by atoms with Gasteiger partial charge in [0.2, 0.25) is 0 Å². The first-order chi connectivity index (χ1) is 16.8. The average molecular weight is 482 g/mol. The predicted molar refractivity (Wildman–Crippen MR) is 132 cm³/mol. The number of rotatable bonds is 5. The quantitative estimate of drug-likeness (QED) is 0.542. The number of halogens is 1. The van der Waals surface area contributed by atoms with Gasteiger partial charge in [0.1, 0.15) is 23.5 Å². The zero-order valence-corrected chi connectivity index (χ0v) is 20.4. The number of fused-ring (bicyclic) bond motifs is 3. The molecular formula is C27H32FN3O4. The summed E-state index contributed by atoms with van der Waals surface area (Å²) in [4.78, 5) is 19.0. The van der Waals surface area contributed by atoms with E-state index >= 15 is 0 Å². The molecule has 2 aliphatic rings. The summed E-state index contributed by atoms with van der Waals surface area (Å²) in [6.45, 7) is 2.20. The number of methoxy groups -OCH3 is 1. The summed E-state index contributed by atoms with van der Waals surface area (Å²) in [5.41, 5.74) is 4.26. The van der Waals surface area contributed by atoms with Gasteiger partial charge >= 0.3 is 5.97 Å². The topological polar surface area (TPSA) is 87.8 Å². The molecular weight excluding hydrogens is 449 g/mol. The molecule has 2 aromatic carbocycles. The summed E-state index contributed by atoms with van der Waals surface area (Å²) < 4.78 is 21.6. The summed E-state index contributed by atoms with van der Waals surface area (Å²) in [5.74, 6) is -0.931. The highest BCUT2D eigenvalue weighted by molar-refractivity contribution is 5.86. The van der Waals surface area contributed by atoms with E-state index in [0.29, 0.717) is 36.0 Å². The molecule has 4 atom stereocenters. The van der Waals surface area contributed by atoms with E-state index in [9.17, 15) is 19.4 Å². The number of aryl methyl sites for hydroxylation is 1. The molecule has 1 aliphatic heterocycles. The lowest BCUT2D eigenvalue weighted by Crippen LogP contribution is -2.33. The molecule has 0 amide bonds. The molecule has 35 heavy (non-hydrogen) atoms. The first-order valence-corrected chi connectivity index (χ1v) is 12.3. The number of imidazole rings is 1. The van der Waals surface area contributed by atoms with Crippen LogP contribution in [0.25, 0.3) is 11.0 Å². The van der Waals surface area contributed by atoms with Crippen molar-refractivity contribution in [2.45, 2.75) is 63.6 Å². The number of benzene rings is 2. The normalized spacial score (nSPS) is 23.2. The summed E-state index contributed by atoms with van der Waals surface area (Å²) in [5, 5.41) is 21.3. The fraction of sp³-hybridized carbons (Fsp3) is 0.481. The van der Waals surface area contributed by atoms with E-state index < -0.39 is 23.8 Å². The van der Waals surface area contributed by atoms with Crippen molar-refractivity contribution in [3.63, 3.8) is 0 Å². The van der Waals surface area contributed by atoms with Gasteiger partial charge in [-0.2, -0.15) is 0 Å². The zero-order valence-electron chi connectivity index (χ0n) is 20.4. The van der Waals surface area contributed by atoms with Crippen molar-refractivity contribution in [1.82, 2.24) is 9.55 Å². The van der Waals surface area contributed by atoms with Crippen LogP contribution in [0.5, 0.6) is 5.75 Å². The van der Waals surface area contributed by atoms with Crippen LogP contribution in [-0.2, 0) is 11.2 Å². The summed E-state index contributed by atoms with van der Waals surface area (Å²) >= 11 is 0. The molecule has 0 spiro atoms. The molecule has 0 saturated heterocycles. The minimum absolute atomic E-state index is 0.127. The van der Waals surface area contributed by atoms with Crippen molar-refractivity contribution >= 4 is 22.7 Å². The number of hydrogen-bond donors (Lipinski definition) is 2. The van der Waals surface area contributed by atoms with Crippen molar-refractivity contribution in [3.05, 3.63) is 53.1 Å². The van der Waals surface area contributed by atoms with Gasteiger partial charge in [0.05, 0.1) is 24.1 Å². The van der Waals surface area contributed by atoms with Gasteiger partial charge in [-0.05, 0) is 69.4 Å². The zero-order chi connectivity index (χ0) is 24.9. The number of ether oxygens (including phenoxy) is 1. The maximum atomic E-state index is 14.2. The average Bonchev–Trinajstić information content (AvgIpc) is 3.25. The third-order valence-corrected chi connectivity index (χ3v) is 7.91. The predicted octanol–water partition coefficient (Wildman–Crippen LogP) is 4.85. The van der Waals surface area contributed by atoms with Gasteiger partial charge in [0.15, 0.2) is 0 Å². The minimum atomic E-state index is -1.23. The van der Waals surface area contributed by atoms with Gasteiger partial charge in [-0.1, -0.05) is 6.42 Å². The molecule has 8 heteroatoms. The lowest BCUT2D eigenvalue weighted by atomic mass is 9.85. The monoisotopic (exact) mass is 481 g/mol. The molecule has 1 aromatic heterocycles. The summed E-state index contributed by atoms with van der Waals surface area (Å²) in [6, 6.07) is 8.49. The van der Waals surface area contributed by atoms with Crippen LogP contribution in [-0.4, -0.2) is 45.9 Å². The van der Waals surface area contributed by atoms with Gasteiger partial charge in [-0.15, -0.1) is 0 Å². The molecule has 0 bridgehead atoms. The van der Waals surface area contributed by atoms with Crippen molar-refractivity contribution in [2.75, 3.05) is 19.1 Å². The number of anilines is 1. The Morgan fingerprint density at radius 2 is 2.03 bits per heavy atom. The van der Waals surface area contributed by atoms with Crippen molar-refractivity contribution in [1.29, 1.82) is 0 Å². The van der Waals surface area contributed by atoms with E-state index in [1.54, 1.807) is 0 Å². The third-order valence-electron chi connectivity index (χ3n) is 7.91. The van der Waals surface area contributed by atoms with Gasteiger partial charge in [-0.25, -0.2) is 9.37 Å². The number of hydrogen-bond acceptors (Lipinski definition) is 5. The van der Waals surface area contributed by atoms with Crippen LogP contribution in [0.1, 0.15) is 68.1 Å². The number of carboxylic acids is 1. The molecule has 2 N–H and O–H groups in total. The SMILES string of the molecule is COc1ccc(F)cc1C(O)c1nc2c3c(ccc2n1C1CCCC(C(=O)O)C1)N(C)C(C)CC3. The molecule has 2 heterocycles. The third kappa shape index (κ3) is 4.03. The van der Waals surface area contributed by atoms with Gasteiger partial charge in [-0.3, -0.25) is 4.79 Å². The van der Waals surface area contributed by atoms with Crippen LogP contribution >= 0.6 is 0 Å². The molecule has 4 unspecified atom stereocenters. The lowest BCUT2D eigenvalue weighted by Gasteiger charge is -2.34. The molecule has 3 aromatic rings. The molecule has 0 radical (unpaired) electrons. The largest absolute Gasteiger partial charge is 0.496 e. The number of carboxylic acid groups (broad SMARTS) is 1. The summed E-state index contributed by atoms with van der Waals surface area (Å²) in [6.07, 6.45) is 3.33. The van der Waals surface area contributed by atoms with E-state index in [1.807, 2.05) is 10.6 Å². The Kier molecular flexibility index (Phi) is 6.17. The van der Waals surface area contributed by atoms with Crippen LogP contribution < -0.4 is 9.64 Å². The Morgan fingerprint density at radius 3 is 2.77 bits per heavy atom. The standard InChI is InChI=1S/C27H32FN3O4/c1-15-7-9-19-21(30(15)2)10-11-22-24(19)29-26(25(32)20-14-17(28)8-12-23(20)35-3)31(22)18-6-4-5-16(13-18)27(33)34/h8,10-12,14-16,18,25,32H,4-7,9,13H2,1-3H3,(H,33,34). The van der Waals surface area contributed by atoms with E-state index in [4.69, 9.17) is 9.72 Å². The van der Waals surface area contributed by atoms with E-state index in [0.717, 1.165) is 48.0 Å². The minimum Gasteiger partial charge on any atom is -0.496 e. The van der Waals surface area contributed by atoms with Gasteiger partial charge in [0.25, 0.3) is 0 Å². The Labute approximate surface area is 204 Å². The van der Waals surface area contributed by atoms with Crippen LogP contribution in [0.4, 0.5) is 10.1 Å². The molecule has 186 valence electrons. The van der Waals surface area contributed by atoms with Gasteiger partial charge in [0, 0.05) is 35.9 Å². The highest BCUT2D eigenvalue weighted by atomic mass is 19.1. The second-order valence-electron chi connectivity index (χ2n) is 9.91. The van der Waals surface area contributed by atoms with E-state index in [1.165, 1.54) is 25.3 Å². The van der Waals surface area contributed by atoms with Crippen molar-refractivity contribution in [3.8, 4) is 5.75 Å². The number of nitrogens with zero attached hydrogens (tertiary/aromatic N) is 3. The fourth-order valence-electron chi connectivity index (χ4n) is 5.84.